The molecule has 11 nitrogen and oxygen atoms in total. The first kappa shape index (κ1) is 42.8. The number of benzene rings is 1. The number of aliphatic carboxylic acids is 1. The lowest BCUT2D eigenvalue weighted by Gasteiger charge is -2.40. The summed E-state index contributed by atoms with van der Waals surface area (Å²) in [6.45, 7) is 6.19. The number of hydrogen-bond donors (Lipinski definition) is 6. The second-order valence-corrected chi connectivity index (χ2v) is 13.3. The lowest BCUT2D eigenvalue weighted by atomic mass is 9.98. The van der Waals surface area contributed by atoms with Gasteiger partial charge in [-0.2, -0.15) is 0 Å². The van der Waals surface area contributed by atoms with Crippen LogP contribution in [-0.4, -0.2) is 117 Å². The molecule has 0 spiro atoms. The minimum Gasteiger partial charge on any atom is -0.550 e. The molecule has 1 saturated heterocycles. The van der Waals surface area contributed by atoms with Crippen LogP contribution < -0.4 is 10.4 Å². The van der Waals surface area contributed by atoms with E-state index in [2.05, 4.69) is 33.9 Å². The summed E-state index contributed by atoms with van der Waals surface area (Å²) < 4.78 is 7.92. The van der Waals surface area contributed by atoms with Crippen molar-refractivity contribution < 1.29 is 44.7 Å². The minimum atomic E-state index is -1.39. The highest BCUT2D eigenvalue weighted by Gasteiger charge is 2.43. The highest BCUT2D eigenvalue weighted by Crippen LogP contribution is 2.20. The van der Waals surface area contributed by atoms with Crippen LogP contribution in [0.2, 0.25) is 0 Å². The number of unbranched alkanes of at least 4 members (excludes halogenated alkanes) is 11. The molecule has 2 aliphatic heterocycles. The Morgan fingerprint density at radius 1 is 0.959 bits per heavy atom. The van der Waals surface area contributed by atoms with E-state index < -0.39 is 49.3 Å². The summed E-state index contributed by atoms with van der Waals surface area (Å²) >= 11 is 0. The van der Waals surface area contributed by atoms with Crippen LogP contribution in [0.1, 0.15) is 115 Å². The number of carboxylic acids is 1. The second-order valence-electron chi connectivity index (χ2n) is 13.3. The Balaban J connectivity index is 0.00000197. The lowest BCUT2D eigenvalue weighted by Crippen LogP contribution is -2.62. The molecule has 0 bridgehead atoms. The summed E-state index contributed by atoms with van der Waals surface area (Å²) in [5.41, 5.74) is 0.917. The number of amidine groups is 1. The SMILES string of the molecule is CC(=O)[O-].CCCCCCCC/C=C\CCCCCCCC1=[N+](CC(O)c2ccccc2)CCN1CCNC1OC(CO)C(O)C(O)C1O. The van der Waals surface area contributed by atoms with E-state index in [4.69, 9.17) is 14.6 Å². The Bertz CT molecular complexity index is 1070. The number of nitrogens with zero attached hydrogens (tertiary/aromatic N) is 2. The summed E-state index contributed by atoms with van der Waals surface area (Å²) in [6.07, 6.45) is 15.8. The van der Waals surface area contributed by atoms with Crippen LogP contribution in [0, 0.1) is 0 Å². The molecule has 3 rings (SSSR count). The number of allylic oxidation sites excluding steroid dienone is 2. The first-order valence-electron chi connectivity index (χ1n) is 18.6. The Labute approximate surface area is 294 Å². The van der Waals surface area contributed by atoms with Crippen LogP contribution in [0.15, 0.2) is 42.5 Å². The molecule has 0 saturated carbocycles. The van der Waals surface area contributed by atoms with Crippen molar-refractivity contribution in [2.75, 3.05) is 39.3 Å². The van der Waals surface area contributed by atoms with Gasteiger partial charge in [-0.3, -0.25) is 14.8 Å². The number of carbonyl (C=O) groups excluding carboxylic acids is 1. The predicted molar refractivity (Wildman–Crippen MR) is 190 cm³/mol. The maximum Gasteiger partial charge on any atom is 0.247 e. The quantitative estimate of drug-likeness (QED) is 0.0570. The summed E-state index contributed by atoms with van der Waals surface area (Å²) in [4.78, 5) is 11.2. The van der Waals surface area contributed by atoms with Gasteiger partial charge in [0.1, 0.15) is 56.4 Å². The van der Waals surface area contributed by atoms with E-state index in [1.54, 1.807) is 0 Å². The molecule has 0 amide bonds. The Morgan fingerprint density at radius 3 is 2.16 bits per heavy atom. The van der Waals surface area contributed by atoms with Crippen molar-refractivity contribution in [2.45, 2.75) is 140 Å². The third kappa shape index (κ3) is 16.9. The van der Waals surface area contributed by atoms with Crippen molar-refractivity contribution >= 4 is 11.8 Å². The summed E-state index contributed by atoms with van der Waals surface area (Å²) in [5, 5.41) is 63.0. The first-order chi connectivity index (χ1) is 23.7. The van der Waals surface area contributed by atoms with Crippen molar-refractivity contribution in [3.63, 3.8) is 0 Å². The second kappa shape index (κ2) is 25.6. The van der Waals surface area contributed by atoms with Gasteiger partial charge in [0.05, 0.1) is 13.2 Å². The molecule has 6 atom stereocenters. The van der Waals surface area contributed by atoms with Gasteiger partial charge in [-0.05, 0) is 44.6 Å². The van der Waals surface area contributed by atoms with Crippen LogP contribution in [0.4, 0.5) is 0 Å². The van der Waals surface area contributed by atoms with Crippen molar-refractivity contribution in [3.8, 4) is 0 Å². The Kier molecular flexibility index (Phi) is 22.3. The van der Waals surface area contributed by atoms with Gasteiger partial charge in [-0.1, -0.05) is 101 Å². The van der Waals surface area contributed by atoms with Crippen molar-refractivity contribution in [3.05, 3.63) is 48.0 Å². The smallest absolute Gasteiger partial charge is 0.247 e. The van der Waals surface area contributed by atoms with E-state index in [0.29, 0.717) is 19.6 Å². The molecular weight excluding hydrogens is 626 g/mol. The standard InChI is InChI=1S/C36H62N3O6.C2H4O2/c1-2-3-4-5-6-7-8-9-10-11-12-13-14-15-19-22-32-38(25-26-39(32)27-30(41)29-20-17-16-18-21-29)24-23-37-36-35(44)34(43)33(42)31(28-40)45-36;1-2(3)4/h9-10,16-18,20-21,30-31,33-37,40-44H,2-8,11-15,19,22-28H2,1H3;1H3,(H,3,4)/q+1;/p-1/b10-9-;. The zero-order chi connectivity index (χ0) is 35.9. The van der Waals surface area contributed by atoms with Gasteiger partial charge in [-0.15, -0.1) is 0 Å². The fourth-order valence-corrected chi connectivity index (χ4v) is 6.41. The molecule has 2 heterocycles. The van der Waals surface area contributed by atoms with Crippen LogP contribution in [0.25, 0.3) is 0 Å². The van der Waals surface area contributed by atoms with E-state index in [1.807, 2.05) is 30.3 Å². The molecule has 11 heteroatoms. The Hall–Kier alpha value is -2.38. The summed E-state index contributed by atoms with van der Waals surface area (Å²) in [6, 6.07) is 9.80. The number of aliphatic hydroxyl groups excluding tert-OH is 5. The van der Waals surface area contributed by atoms with Crippen molar-refractivity contribution in [2.24, 2.45) is 0 Å². The molecule has 0 radical (unpaired) electrons. The van der Waals surface area contributed by atoms with E-state index in [0.717, 1.165) is 38.4 Å². The maximum absolute atomic E-state index is 11.0. The number of rotatable bonds is 23. The van der Waals surface area contributed by atoms with E-state index in [-0.39, 0.29) is 0 Å². The average molecular weight is 692 g/mol. The molecular formula is C38H65N3O8. The molecule has 1 fully saturated rings. The van der Waals surface area contributed by atoms with Crippen molar-refractivity contribution in [1.29, 1.82) is 0 Å². The summed E-state index contributed by atoms with van der Waals surface area (Å²) in [5.74, 6) is 0.151. The van der Waals surface area contributed by atoms with Gasteiger partial charge in [0.25, 0.3) is 0 Å². The molecule has 1 aromatic carbocycles. The van der Waals surface area contributed by atoms with E-state index in [9.17, 15) is 25.5 Å². The zero-order valence-corrected chi connectivity index (χ0v) is 30.0. The largest absolute Gasteiger partial charge is 0.550 e. The number of nitrogens with one attached hydrogen (secondary N) is 1. The Morgan fingerprint density at radius 2 is 1.55 bits per heavy atom. The average Bonchev–Trinajstić information content (AvgIpc) is 3.46. The van der Waals surface area contributed by atoms with Crippen LogP contribution in [-0.2, 0) is 9.53 Å². The third-order valence-corrected chi connectivity index (χ3v) is 9.23. The molecule has 0 aromatic heterocycles. The van der Waals surface area contributed by atoms with Gasteiger partial charge in [-0.25, -0.2) is 0 Å². The maximum atomic E-state index is 11.0. The van der Waals surface area contributed by atoms with Gasteiger partial charge in [0.2, 0.25) is 5.84 Å². The number of ether oxygens (including phenoxy) is 1. The fraction of sp³-hybridized carbons (Fsp3) is 0.737. The molecule has 280 valence electrons. The molecule has 2 aliphatic rings. The number of β-amino-alcohol motifs (C(OH)–C–C–N with tert-alkyl or cyclic N) is 1. The molecule has 0 aliphatic carbocycles. The number of hydrogen-bond acceptors (Lipinski definition) is 10. The first-order valence-corrected chi connectivity index (χ1v) is 18.6. The number of aliphatic hydroxyl groups is 5. The number of carboxylic acid groups (broad SMARTS) is 1. The van der Waals surface area contributed by atoms with E-state index in [1.165, 1.54) is 82.9 Å². The molecule has 6 N–H and O–H groups in total. The molecule has 1 aromatic rings. The van der Waals surface area contributed by atoms with Crippen LogP contribution in [0.3, 0.4) is 0 Å². The predicted octanol–water partition coefficient (Wildman–Crippen LogP) is 2.63. The van der Waals surface area contributed by atoms with Gasteiger partial charge in [0, 0.05) is 18.9 Å². The fourth-order valence-electron chi connectivity index (χ4n) is 6.41. The normalized spacial score (nSPS) is 23.2. The van der Waals surface area contributed by atoms with Crippen LogP contribution in [0.5, 0.6) is 0 Å². The minimum absolute atomic E-state index is 0.443. The lowest BCUT2D eigenvalue weighted by molar-refractivity contribution is -0.529. The highest BCUT2D eigenvalue weighted by atomic mass is 16.6. The van der Waals surface area contributed by atoms with E-state index >= 15 is 0 Å². The zero-order valence-electron chi connectivity index (χ0n) is 30.0. The molecule has 49 heavy (non-hydrogen) atoms. The van der Waals surface area contributed by atoms with Gasteiger partial charge < -0.3 is 40.2 Å². The van der Waals surface area contributed by atoms with Gasteiger partial charge in [0.15, 0.2) is 0 Å². The topological polar surface area (TPSA) is 169 Å². The highest BCUT2D eigenvalue weighted by molar-refractivity contribution is 5.78. The molecule has 6 unspecified atom stereocenters. The van der Waals surface area contributed by atoms with Crippen molar-refractivity contribution in [1.82, 2.24) is 10.2 Å². The monoisotopic (exact) mass is 691 g/mol. The van der Waals surface area contributed by atoms with Gasteiger partial charge >= 0.3 is 0 Å². The number of carbonyl (C=O) groups is 1. The third-order valence-electron chi connectivity index (χ3n) is 9.23. The summed E-state index contributed by atoms with van der Waals surface area (Å²) in [7, 11) is 0. The van der Waals surface area contributed by atoms with Crippen LogP contribution >= 0.6 is 0 Å².